The molecule has 1 aromatic rings. The van der Waals surface area contributed by atoms with Crippen LogP contribution in [-0.4, -0.2) is 23.0 Å². The fraction of sp³-hybridized carbons (Fsp3) is 0.579. The van der Waals surface area contributed by atoms with Crippen LogP contribution >= 0.6 is 0 Å². The molecule has 0 saturated heterocycles. The molecule has 0 unspecified atom stereocenters. The van der Waals surface area contributed by atoms with Gasteiger partial charge in [-0.3, -0.25) is 9.59 Å². The van der Waals surface area contributed by atoms with Crippen molar-refractivity contribution in [3.8, 4) is 0 Å². The Morgan fingerprint density at radius 1 is 1.15 bits per heavy atom. The molecule has 0 bridgehead atoms. The minimum Gasteiger partial charge on any atom is -0.481 e. The van der Waals surface area contributed by atoms with Crippen LogP contribution < -0.4 is 5.32 Å². The fourth-order valence-electron chi connectivity index (χ4n) is 4.28. The van der Waals surface area contributed by atoms with E-state index in [9.17, 15) is 22.8 Å². The highest BCUT2D eigenvalue weighted by molar-refractivity contribution is 5.89. The third-order valence-corrected chi connectivity index (χ3v) is 5.75. The largest absolute Gasteiger partial charge is 0.481 e. The van der Waals surface area contributed by atoms with Gasteiger partial charge in [-0.25, -0.2) is 0 Å². The van der Waals surface area contributed by atoms with E-state index in [1.807, 2.05) is 0 Å². The first kappa shape index (κ1) is 18.7. The summed E-state index contributed by atoms with van der Waals surface area (Å²) in [4.78, 5) is 24.1. The highest BCUT2D eigenvalue weighted by Gasteiger charge is 2.45. The maximum atomic E-state index is 13.1. The summed E-state index contributed by atoms with van der Waals surface area (Å²) in [6, 6.07) is 4.81. The standard InChI is InChI=1S/C19H22F3NO3/c20-19(21,22)14-5-3-4-13(11-14)18(8-1-2-9-18)17(26)23-15-7-6-12(10-15)16(24)25/h3-5,11-12,15H,1-2,6-10H2,(H,23,26)(H,24,25)/t12-,15+/m0/s1. The minimum atomic E-state index is -4.45. The zero-order chi connectivity index (χ0) is 18.9. The van der Waals surface area contributed by atoms with Gasteiger partial charge in [0.15, 0.2) is 0 Å². The van der Waals surface area contributed by atoms with Crippen LogP contribution in [0.4, 0.5) is 13.2 Å². The number of alkyl halides is 3. The predicted octanol–water partition coefficient (Wildman–Crippen LogP) is 3.89. The zero-order valence-corrected chi connectivity index (χ0v) is 14.3. The molecule has 4 nitrogen and oxygen atoms in total. The number of carbonyl (C=O) groups is 2. The van der Waals surface area contributed by atoms with Crippen LogP contribution in [-0.2, 0) is 21.2 Å². The summed E-state index contributed by atoms with van der Waals surface area (Å²) in [7, 11) is 0. The Labute approximate surface area is 149 Å². The minimum absolute atomic E-state index is 0.230. The lowest BCUT2D eigenvalue weighted by Crippen LogP contribution is -2.46. The van der Waals surface area contributed by atoms with E-state index in [1.165, 1.54) is 6.07 Å². The van der Waals surface area contributed by atoms with Crippen molar-refractivity contribution in [3.63, 3.8) is 0 Å². The monoisotopic (exact) mass is 369 g/mol. The summed E-state index contributed by atoms with van der Waals surface area (Å²) in [5.41, 5.74) is -1.31. The number of carboxylic acid groups (broad SMARTS) is 1. The van der Waals surface area contributed by atoms with Crippen LogP contribution in [0.15, 0.2) is 24.3 Å². The number of hydrogen-bond donors (Lipinski definition) is 2. The molecule has 0 heterocycles. The van der Waals surface area contributed by atoms with E-state index < -0.39 is 29.0 Å². The Kier molecular flexibility index (Phi) is 4.99. The van der Waals surface area contributed by atoms with Gasteiger partial charge in [0, 0.05) is 6.04 Å². The predicted molar refractivity (Wildman–Crippen MR) is 88.5 cm³/mol. The van der Waals surface area contributed by atoms with Crippen LogP contribution in [0.1, 0.15) is 56.1 Å². The summed E-state index contributed by atoms with van der Waals surface area (Å²) in [5, 5.41) is 12.0. The molecule has 0 spiro atoms. The molecule has 0 aliphatic heterocycles. The van der Waals surface area contributed by atoms with E-state index in [2.05, 4.69) is 5.32 Å². The molecule has 1 amide bonds. The summed E-state index contributed by atoms with van der Waals surface area (Å²) in [6.07, 6.45) is -0.396. The van der Waals surface area contributed by atoms with Gasteiger partial charge >= 0.3 is 12.1 Å². The van der Waals surface area contributed by atoms with Gasteiger partial charge in [-0.05, 0) is 43.7 Å². The molecule has 2 aliphatic rings. The van der Waals surface area contributed by atoms with Crippen molar-refractivity contribution >= 4 is 11.9 Å². The van der Waals surface area contributed by atoms with E-state index in [-0.39, 0.29) is 11.9 Å². The smallest absolute Gasteiger partial charge is 0.416 e. The summed E-state index contributed by atoms with van der Waals surface area (Å²) in [5.74, 6) is -1.60. The highest BCUT2D eigenvalue weighted by atomic mass is 19.4. The van der Waals surface area contributed by atoms with Crippen LogP contribution in [0.5, 0.6) is 0 Å². The second-order valence-electron chi connectivity index (χ2n) is 7.39. The molecule has 1 aromatic carbocycles. The molecule has 3 rings (SSSR count). The third kappa shape index (κ3) is 3.57. The number of carboxylic acids is 1. The second-order valence-corrected chi connectivity index (χ2v) is 7.39. The quantitative estimate of drug-likeness (QED) is 0.846. The van der Waals surface area contributed by atoms with Crippen LogP contribution in [0.3, 0.4) is 0 Å². The number of amides is 1. The Morgan fingerprint density at radius 3 is 2.42 bits per heavy atom. The molecule has 2 fully saturated rings. The Morgan fingerprint density at radius 2 is 1.85 bits per heavy atom. The van der Waals surface area contributed by atoms with Gasteiger partial charge in [-0.15, -0.1) is 0 Å². The topological polar surface area (TPSA) is 66.4 Å². The number of rotatable bonds is 4. The van der Waals surface area contributed by atoms with E-state index in [4.69, 9.17) is 5.11 Å². The van der Waals surface area contributed by atoms with E-state index in [1.54, 1.807) is 6.07 Å². The molecule has 2 N–H and O–H groups in total. The van der Waals surface area contributed by atoms with Gasteiger partial charge in [0.25, 0.3) is 0 Å². The van der Waals surface area contributed by atoms with E-state index >= 15 is 0 Å². The summed E-state index contributed by atoms with van der Waals surface area (Å²) < 4.78 is 39.2. The van der Waals surface area contributed by atoms with Crippen molar-refractivity contribution in [1.82, 2.24) is 5.32 Å². The van der Waals surface area contributed by atoms with Gasteiger partial charge in [0.1, 0.15) is 0 Å². The van der Waals surface area contributed by atoms with Crippen molar-refractivity contribution in [3.05, 3.63) is 35.4 Å². The van der Waals surface area contributed by atoms with Gasteiger partial charge < -0.3 is 10.4 Å². The van der Waals surface area contributed by atoms with Crippen molar-refractivity contribution in [2.24, 2.45) is 5.92 Å². The molecule has 2 aliphatic carbocycles. The van der Waals surface area contributed by atoms with Gasteiger partial charge in [-0.2, -0.15) is 13.2 Å². The van der Waals surface area contributed by atoms with Gasteiger partial charge in [0.05, 0.1) is 16.9 Å². The number of benzene rings is 1. The zero-order valence-electron chi connectivity index (χ0n) is 14.3. The van der Waals surface area contributed by atoms with E-state index in [0.717, 1.165) is 25.0 Å². The normalized spacial score (nSPS) is 25.2. The maximum Gasteiger partial charge on any atom is 0.416 e. The Hall–Kier alpha value is -2.05. The molecular formula is C19H22F3NO3. The molecule has 7 heteroatoms. The lowest BCUT2D eigenvalue weighted by molar-refractivity contribution is -0.141. The van der Waals surface area contributed by atoms with Crippen LogP contribution in [0.25, 0.3) is 0 Å². The highest BCUT2D eigenvalue weighted by Crippen LogP contribution is 2.43. The Balaban J connectivity index is 1.82. The van der Waals surface area contributed by atoms with Crippen LogP contribution in [0, 0.1) is 5.92 Å². The second kappa shape index (κ2) is 6.93. The molecule has 0 radical (unpaired) electrons. The first-order valence-electron chi connectivity index (χ1n) is 8.94. The molecule has 0 aromatic heterocycles. The van der Waals surface area contributed by atoms with Crippen molar-refractivity contribution in [1.29, 1.82) is 0 Å². The lowest BCUT2D eigenvalue weighted by atomic mass is 9.77. The fourth-order valence-corrected chi connectivity index (χ4v) is 4.28. The van der Waals surface area contributed by atoms with Crippen LogP contribution in [0.2, 0.25) is 0 Å². The van der Waals surface area contributed by atoms with Crippen molar-refractivity contribution in [2.75, 3.05) is 0 Å². The first-order chi connectivity index (χ1) is 12.2. The number of halogens is 3. The number of carbonyl (C=O) groups excluding carboxylic acids is 1. The SMILES string of the molecule is O=C(O)[C@H]1CC[C@@H](NC(=O)C2(c3cccc(C(F)(F)F)c3)CCCC2)C1. The molecule has 2 saturated carbocycles. The molecular weight excluding hydrogens is 347 g/mol. The summed E-state index contributed by atoms with van der Waals surface area (Å²) >= 11 is 0. The number of hydrogen-bond acceptors (Lipinski definition) is 2. The molecule has 142 valence electrons. The number of aliphatic carboxylic acids is 1. The maximum absolute atomic E-state index is 13.1. The average molecular weight is 369 g/mol. The lowest BCUT2D eigenvalue weighted by Gasteiger charge is -2.30. The van der Waals surface area contributed by atoms with Crippen molar-refractivity contribution in [2.45, 2.75) is 62.6 Å². The molecule has 26 heavy (non-hydrogen) atoms. The van der Waals surface area contributed by atoms with Gasteiger partial charge in [0.2, 0.25) is 5.91 Å². The average Bonchev–Trinajstić information content (AvgIpc) is 3.24. The first-order valence-corrected chi connectivity index (χ1v) is 8.94. The van der Waals surface area contributed by atoms with Gasteiger partial charge in [-0.1, -0.05) is 31.0 Å². The number of nitrogens with one attached hydrogen (secondary N) is 1. The molecule has 2 atom stereocenters. The third-order valence-electron chi connectivity index (χ3n) is 5.75. The summed E-state index contributed by atoms with van der Waals surface area (Å²) in [6.45, 7) is 0. The Bertz CT molecular complexity index is 696. The van der Waals surface area contributed by atoms with E-state index in [0.29, 0.717) is 37.7 Å². The van der Waals surface area contributed by atoms with Crippen molar-refractivity contribution < 1.29 is 27.9 Å².